The van der Waals surface area contributed by atoms with Crippen LogP contribution in [0.1, 0.15) is 37.6 Å². The van der Waals surface area contributed by atoms with Crippen LogP contribution in [0.25, 0.3) is 10.2 Å². The number of thiophene rings is 1. The second-order valence-electron chi connectivity index (χ2n) is 7.58. The number of benzene rings is 1. The topological polar surface area (TPSA) is 84.1 Å². The first kappa shape index (κ1) is 20.9. The molecule has 0 saturated carbocycles. The lowest BCUT2D eigenvalue weighted by Gasteiger charge is -2.17. The van der Waals surface area contributed by atoms with Crippen molar-refractivity contribution in [3.63, 3.8) is 0 Å². The van der Waals surface area contributed by atoms with Crippen LogP contribution in [0.5, 0.6) is 5.75 Å². The smallest absolute Gasteiger partial charge is 0.260 e. The van der Waals surface area contributed by atoms with Crippen molar-refractivity contribution in [1.29, 1.82) is 0 Å². The van der Waals surface area contributed by atoms with E-state index in [4.69, 9.17) is 4.74 Å². The van der Waals surface area contributed by atoms with Crippen molar-refractivity contribution in [1.82, 2.24) is 9.97 Å². The second-order valence-corrected chi connectivity index (χ2v) is 9.99. The van der Waals surface area contributed by atoms with Crippen LogP contribution in [0.2, 0.25) is 0 Å². The van der Waals surface area contributed by atoms with E-state index in [1.165, 1.54) is 16.6 Å². The third-order valence-electron chi connectivity index (χ3n) is 5.25. The molecule has 2 aromatic heterocycles. The van der Waals surface area contributed by atoms with Gasteiger partial charge in [0.05, 0.1) is 22.9 Å². The lowest BCUT2D eigenvalue weighted by atomic mass is 9.89. The van der Waals surface area contributed by atoms with E-state index in [9.17, 15) is 9.59 Å². The highest BCUT2D eigenvalue weighted by Crippen LogP contribution is 2.36. The Hall–Kier alpha value is -2.32. The fourth-order valence-corrected chi connectivity index (χ4v) is 5.93. The molecule has 0 saturated heterocycles. The number of nitrogens with zero attached hydrogens (tertiary/aromatic N) is 1. The van der Waals surface area contributed by atoms with Gasteiger partial charge in [0.15, 0.2) is 5.16 Å². The Balaban J connectivity index is 1.52. The molecule has 2 atom stereocenters. The number of hydrogen-bond donors (Lipinski definition) is 2. The molecule has 1 amide bonds. The van der Waals surface area contributed by atoms with E-state index in [1.807, 2.05) is 31.2 Å². The Morgan fingerprint density at radius 1 is 1.43 bits per heavy atom. The van der Waals surface area contributed by atoms with Gasteiger partial charge in [-0.3, -0.25) is 9.59 Å². The van der Waals surface area contributed by atoms with Crippen LogP contribution in [0.15, 0.2) is 34.2 Å². The first-order valence-electron chi connectivity index (χ1n) is 10.2. The quantitative estimate of drug-likeness (QED) is 0.429. The third kappa shape index (κ3) is 4.25. The lowest BCUT2D eigenvalue weighted by Crippen LogP contribution is -2.23. The Bertz CT molecular complexity index is 1140. The summed E-state index contributed by atoms with van der Waals surface area (Å²) in [6.45, 7) is 6.47. The number of amides is 1. The molecule has 0 radical (unpaired) electrons. The molecule has 1 aliphatic carbocycles. The summed E-state index contributed by atoms with van der Waals surface area (Å²) in [6.07, 6.45) is 3.05. The summed E-state index contributed by atoms with van der Waals surface area (Å²) in [4.78, 5) is 35.1. The normalized spacial score (nSPS) is 16.8. The van der Waals surface area contributed by atoms with Crippen LogP contribution < -0.4 is 15.6 Å². The number of anilines is 1. The van der Waals surface area contributed by atoms with Crippen LogP contribution in [0, 0.1) is 5.92 Å². The average molecular weight is 444 g/mol. The van der Waals surface area contributed by atoms with Gasteiger partial charge in [-0.25, -0.2) is 4.98 Å². The molecular weight excluding hydrogens is 418 g/mol. The number of fused-ring (bicyclic) bond motifs is 3. The number of carbonyl (C=O) groups excluding carboxylic acids is 1. The number of hydrogen-bond acceptors (Lipinski definition) is 6. The zero-order valence-electron chi connectivity index (χ0n) is 17.3. The summed E-state index contributed by atoms with van der Waals surface area (Å²) in [6, 6.07) is 7.35. The number of aromatic amines is 1. The fraction of sp³-hybridized carbons (Fsp3) is 0.409. The molecule has 0 bridgehead atoms. The minimum absolute atomic E-state index is 0.108. The van der Waals surface area contributed by atoms with Crippen LogP contribution in [0.4, 0.5) is 5.69 Å². The predicted octanol–water partition coefficient (Wildman–Crippen LogP) is 4.63. The van der Waals surface area contributed by atoms with E-state index < -0.39 is 5.25 Å². The number of rotatable bonds is 6. The lowest BCUT2D eigenvalue weighted by molar-refractivity contribution is -0.115. The molecule has 6 nitrogen and oxygen atoms in total. The molecule has 1 aliphatic rings. The second kappa shape index (κ2) is 8.81. The van der Waals surface area contributed by atoms with Crippen molar-refractivity contribution in [2.45, 2.75) is 50.4 Å². The Labute approximate surface area is 183 Å². The summed E-state index contributed by atoms with van der Waals surface area (Å²) >= 11 is 2.87. The van der Waals surface area contributed by atoms with Gasteiger partial charge < -0.3 is 15.0 Å². The van der Waals surface area contributed by atoms with Crippen molar-refractivity contribution in [3.8, 4) is 5.75 Å². The number of H-pyrrole nitrogens is 1. The standard InChI is InChI=1S/C22H25N3O3S2/c1-4-28-16-8-6-5-7-15(16)23-19(26)13(3)29-22-24-20(27)18-14-10-9-12(2)11-17(14)30-21(18)25-22/h5-8,12-13H,4,9-11H2,1-3H3,(H,23,26)(H,24,25,27). The van der Waals surface area contributed by atoms with Gasteiger partial charge in [-0.15, -0.1) is 11.3 Å². The van der Waals surface area contributed by atoms with Crippen LogP contribution in [0.3, 0.4) is 0 Å². The predicted molar refractivity (Wildman–Crippen MR) is 123 cm³/mol. The Kier molecular flexibility index (Phi) is 6.15. The summed E-state index contributed by atoms with van der Waals surface area (Å²) < 4.78 is 5.57. The minimum Gasteiger partial charge on any atom is -0.492 e. The maximum absolute atomic E-state index is 12.8. The average Bonchev–Trinajstić information content (AvgIpc) is 3.07. The first-order chi connectivity index (χ1) is 14.5. The van der Waals surface area contributed by atoms with Crippen LogP contribution in [-0.2, 0) is 17.6 Å². The summed E-state index contributed by atoms with van der Waals surface area (Å²) in [5.41, 5.74) is 1.69. The summed E-state index contributed by atoms with van der Waals surface area (Å²) in [5, 5.41) is 3.68. The number of thioether (sulfide) groups is 1. The SMILES string of the molecule is CCOc1ccccc1NC(=O)C(C)Sc1nc2sc3c(c2c(=O)[nH]1)CCC(C)C3. The highest BCUT2D eigenvalue weighted by Gasteiger charge is 2.24. The van der Waals surface area contributed by atoms with Crippen LogP contribution >= 0.6 is 23.1 Å². The fourth-order valence-electron chi connectivity index (χ4n) is 3.69. The zero-order valence-corrected chi connectivity index (χ0v) is 18.9. The number of aryl methyl sites for hydroxylation is 1. The van der Waals surface area contributed by atoms with Gasteiger partial charge in [0.1, 0.15) is 10.6 Å². The van der Waals surface area contributed by atoms with Crippen molar-refractivity contribution in [3.05, 3.63) is 45.1 Å². The van der Waals surface area contributed by atoms with Crippen molar-refractivity contribution >= 4 is 44.9 Å². The van der Waals surface area contributed by atoms with Crippen molar-refractivity contribution < 1.29 is 9.53 Å². The maximum Gasteiger partial charge on any atom is 0.260 e. The molecule has 0 aliphatic heterocycles. The van der Waals surface area contributed by atoms with Crippen molar-refractivity contribution in [2.75, 3.05) is 11.9 Å². The Morgan fingerprint density at radius 2 is 2.23 bits per heavy atom. The molecule has 158 valence electrons. The van der Waals surface area contributed by atoms with Gasteiger partial charge in [0.25, 0.3) is 5.56 Å². The molecule has 4 rings (SSSR count). The van der Waals surface area contributed by atoms with Crippen molar-refractivity contribution in [2.24, 2.45) is 5.92 Å². The monoisotopic (exact) mass is 443 g/mol. The van der Waals surface area contributed by atoms with Gasteiger partial charge in [-0.05, 0) is 56.7 Å². The van der Waals surface area contributed by atoms with E-state index >= 15 is 0 Å². The van der Waals surface area contributed by atoms with Gasteiger partial charge >= 0.3 is 0 Å². The maximum atomic E-state index is 12.8. The van der Waals surface area contributed by atoms with E-state index in [0.717, 1.165) is 35.0 Å². The van der Waals surface area contributed by atoms with E-state index in [-0.39, 0.29) is 11.5 Å². The molecule has 2 heterocycles. The first-order valence-corrected chi connectivity index (χ1v) is 11.9. The van der Waals surface area contributed by atoms with Gasteiger partial charge in [0, 0.05) is 4.88 Å². The number of nitrogens with one attached hydrogen (secondary N) is 2. The largest absolute Gasteiger partial charge is 0.492 e. The number of carbonyl (C=O) groups is 1. The molecule has 2 N–H and O–H groups in total. The molecule has 1 aromatic carbocycles. The molecule has 3 aromatic rings. The highest BCUT2D eigenvalue weighted by atomic mass is 32.2. The summed E-state index contributed by atoms with van der Waals surface area (Å²) in [5.74, 6) is 1.10. The van der Waals surface area contributed by atoms with E-state index in [2.05, 4.69) is 22.2 Å². The molecular formula is C22H25N3O3S2. The number of aromatic nitrogens is 2. The molecule has 8 heteroatoms. The molecule has 0 spiro atoms. The molecule has 2 unspecified atom stereocenters. The van der Waals surface area contributed by atoms with E-state index in [1.54, 1.807) is 18.3 Å². The van der Waals surface area contributed by atoms with E-state index in [0.29, 0.717) is 29.1 Å². The summed E-state index contributed by atoms with van der Waals surface area (Å²) in [7, 11) is 0. The molecule has 0 fully saturated rings. The molecule has 30 heavy (non-hydrogen) atoms. The zero-order chi connectivity index (χ0) is 21.3. The Morgan fingerprint density at radius 3 is 3.03 bits per heavy atom. The highest BCUT2D eigenvalue weighted by molar-refractivity contribution is 8.00. The third-order valence-corrected chi connectivity index (χ3v) is 7.38. The van der Waals surface area contributed by atoms with Crippen LogP contribution in [-0.4, -0.2) is 27.7 Å². The van der Waals surface area contributed by atoms with Gasteiger partial charge in [0.2, 0.25) is 5.91 Å². The number of para-hydroxylation sites is 2. The minimum atomic E-state index is -0.435. The number of ether oxygens (including phenoxy) is 1. The van der Waals surface area contributed by atoms with Gasteiger partial charge in [-0.1, -0.05) is 30.8 Å². The van der Waals surface area contributed by atoms with Gasteiger partial charge in [-0.2, -0.15) is 0 Å².